The number of nitrogens with one attached hydrogen (secondary N) is 1. The minimum Gasteiger partial charge on any atom is -0.478 e. The number of aromatic nitrogens is 2. The molecule has 1 aromatic heterocycles. The van der Waals surface area contributed by atoms with Crippen molar-refractivity contribution in [1.29, 1.82) is 0 Å². The molecule has 1 aliphatic rings. The van der Waals surface area contributed by atoms with E-state index in [2.05, 4.69) is 10.4 Å². The first kappa shape index (κ1) is 18.9. The molecule has 1 saturated carbocycles. The highest BCUT2D eigenvalue weighted by molar-refractivity contribution is 5.95. The lowest BCUT2D eigenvalue weighted by Crippen LogP contribution is -2.28. The van der Waals surface area contributed by atoms with Crippen molar-refractivity contribution in [2.75, 3.05) is 0 Å². The first-order chi connectivity index (χ1) is 12.7. The van der Waals surface area contributed by atoms with Gasteiger partial charge in [0.1, 0.15) is 6.54 Å². The number of nitrogens with zero attached hydrogens (tertiary/aromatic N) is 2. The van der Waals surface area contributed by atoms with Crippen LogP contribution >= 0.6 is 0 Å². The van der Waals surface area contributed by atoms with Crippen molar-refractivity contribution in [1.82, 2.24) is 15.1 Å². The third-order valence-electron chi connectivity index (χ3n) is 4.42. The summed E-state index contributed by atoms with van der Waals surface area (Å²) in [6.45, 7) is 0.489. The number of carbonyl (C=O) groups is 2. The van der Waals surface area contributed by atoms with Crippen molar-refractivity contribution in [2.45, 2.75) is 44.4 Å². The first-order valence-corrected chi connectivity index (χ1v) is 8.42. The van der Waals surface area contributed by atoms with E-state index < -0.39 is 30.6 Å². The van der Waals surface area contributed by atoms with Crippen molar-refractivity contribution < 1.29 is 27.9 Å². The van der Waals surface area contributed by atoms with E-state index in [9.17, 15) is 22.8 Å². The van der Waals surface area contributed by atoms with Crippen LogP contribution < -0.4 is 5.32 Å². The molecule has 1 fully saturated rings. The molecule has 6 nitrogen and oxygen atoms in total. The molecule has 1 aromatic carbocycles. The summed E-state index contributed by atoms with van der Waals surface area (Å²) in [7, 11) is 0. The topological polar surface area (TPSA) is 84.2 Å². The van der Waals surface area contributed by atoms with Gasteiger partial charge in [0.25, 0.3) is 5.91 Å². The molecule has 0 unspecified atom stereocenters. The molecule has 0 bridgehead atoms. The maximum absolute atomic E-state index is 12.7. The first-order valence-electron chi connectivity index (χ1n) is 8.42. The monoisotopic (exact) mass is 381 g/mol. The summed E-state index contributed by atoms with van der Waals surface area (Å²) >= 11 is 0. The van der Waals surface area contributed by atoms with Gasteiger partial charge < -0.3 is 10.4 Å². The molecule has 2 N–H and O–H groups in total. The van der Waals surface area contributed by atoms with Gasteiger partial charge in [0.05, 0.1) is 29.1 Å². The van der Waals surface area contributed by atoms with Gasteiger partial charge in [-0.15, -0.1) is 0 Å². The Kier molecular flexibility index (Phi) is 4.95. The van der Waals surface area contributed by atoms with Gasteiger partial charge in [0.15, 0.2) is 0 Å². The third-order valence-corrected chi connectivity index (χ3v) is 4.42. The van der Waals surface area contributed by atoms with Gasteiger partial charge in [-0.25, -0.2) is 4.79 Å². The summed E-state index contributed by atoms with van der Waals surface area (Å²) in [5.41, 5.74) is 1.28. The molecule has 1 atom stereocenters. The highest BCUT2D eigenvalue weighted by atomic mass is 19.4. The Bertz CT molecular complexity index is 855. The van der Waals surface area contributed by atoms with E-state index in [1.54, 1.807) is 19.1 Å². The Morgan fingerprint density at radius 2 is 1.93 bits per heavy atom. The average Bonchev–Trinajstić information content (AvgIpc) is 3.34. The molecule has 2 aromatic rings. The van der Waals surface area contributed by atoms with Crippen LogP contribution in [0.25, 0.3) is 0 Å². The lowest BCUT2D eigenvalue weighted by molar-refractivity contribution is -0.143. The minimum atomic E-state index is -4.41. The number of benzene rings is 1. The second kappa shape index (κ2) is 7.05. The van der Waals surface area contributed by atoms with Crippen LogP contribution in [0.5, 0.6) is 0 Å². The second-order valence-electron chi connectivity index (χ2n) is 6.61. The number of alkyl halides is 3. The number of rotatable bonds is 6. The predicted molar refractivity (Wildman–Crippen MR) is 89.5 cm³/mol. The molecule has 1 heterocycles. The number of hydrogen-bond acceptors (Lipinski definition) is 3. The normalized spacial score (nSPS) is 15.4. The molecule has 0 aliphatic heterocycles. The van der Waals surface area contributed by atoms with E-state index in [4.69, 9.17) is 5.11 Å². The van der Waals surface area contributed by atoms with Crippen LogP contribution in [0.3, 0.4) is 0 Å². The maximum Gasteiger partial charge on any atom is 0.408 e. The van der Waals surface area contributed by atoms with E-state index in [1.807, 2.05) is 0 Å². The number of hydrogen-bond donors (Lipinski definition) is 2. The lowest BCUT2D eigenvalue weighted by Gasteiger charge is -2.15. The summed E-state index contributed by atoms with van der Waals surface area (Å²) in [4.78, 5) is 23.5. The van der Waals surface area contributed by atoms with Gasteiger partial charge in [0, 0.05) is 5.92 Å². The van der Waals surface area contributed by atoms with Gasteiger partial charge in [-0.1, -0.05) is 12.1 Å². The van der Waals surface area contributed by atoms with Crippen molar-refractivity contribution in [3.05, 3.63) is 52.8 Å². The van der Waals surface area contributed by atoms with Gasteiger partial charge >= 0.3 is 12.1 Å². The van der Waals surface area contributed by atoms with Crippen molar-refractivity contribution in [3.8, 4) is 0 Å². The van der Waals surface area contributed by atoms with E-state index >= 15 is 0 Å². The zero-order chi connectivity index (χ0) is 19.8. The zero-order valence-electron chi connectivity index (χ0n) is 14.5. The zero-order valence-corrected chi connectivity index (χ0v) is 14.5. The van der Waals surface area contributed by atoms with Crippen LogP contribution in [-0.4, -0.2) is 32.9 Å². The van der Waals surface area contributed by atoms with Crippen molar-refractivity contribution in [3.63, 3.8) is 0 Å². The molecule has 0 saturated heterocycles. The number of carbonyl (C=O) groups excluding carboxylic acids is 1. The summed E-state index contributed by atoms with van der Waals surface area (Å²) in [6, 6.07) is 5.58. The molecule has 9 heteroatoms. The Labute approximate surface area is 153 Å². The predicted octanol–water partition coefficient (Wildman–Crippen LogP) is 3.51. The van der Waals surface area contributed by atoms with Gasteiger partial charge in [-0.3, -0.25) is 9.48 Å². The summed E-state index contributed by atoms with van der Waals surface area (Å²) in [5, 5.41) is 15.4. The average molecular weight is 381 g/mol. The van der Waals surface area contributed by atoms with Crippen LogP contribution in [0, 0.1) is 0 Å². The Morgan fingerprint density at radius 1 is 1.30 bits per heavy atom. The van der Waals surface area contributed by atoms with Crippen molar-refractivity contribution in [2.24, 2.45) is 0 Å². The molecular formula is C18H18F3N3O3. The maximum atomic E-state index is 12.7. The highest BCUT2D eigenvalue weighted by Gasteiger charge is 2.36. The Hall–Kier alpha value is -2.84. The lowest BCUT2D eigenvalue weighted by atomic mass is 10.1. The molecule has 27 heavy (non-hydrogen) atoms. The number of carboxylic acid groups (broad SMARTS) is 1. The molecule has 3 rings (SSSR count). The van der Waals surface area contributed by atoms with Crippen LogP contribution in [0.2, 0.25) is 0 Å². The Balaban J connectivity index is 1.76. The van der Waals surface area contributed by atoms with E-state index in [-0.39, 0.29) is 17.0 Å². The van der Waals surface area contributed by atoms with Gasteiger partial charge in [-0.2, -0.15) is 18.3 Å². The van der Waals surface area contributed by atoms with Crippen molar-refractivity contribution >= 4 is 11.9 Å². The standard InChI is InChI=1S/C18H18F3N3O3/c1-10(11-2-6-13(7-3-11)17(26)27)23-16(25)14-8-22-24(9-18(19,20)21)15(14)12-4-5-12/h2-3,6-8,10,12H,4-5,9H2,1H3,(H,23,25)(H,26,27)/t10-/m1/s1. The van der Waals surface area contributed by atoms with E-state index in [1.165, 1.54) is 18.3 Å². The molecular weight excluding hydrogens is 363 g/mol. The molecule has 1 amide bonds. The fourth-order valence-electron chi connectivity index (χ4n) is 2.93. The van der Waals surface area contributed by atoms with Gasteiger partial charge in [-0.05, 0) is 37.5 Å². The molecule has 0 spiro atoms. The largest absolute Gasteiger partial charge is 0.478 e. The Morgan fingerprint density at radius 3 is 2.44 bits per heavy atom. The number of aromatic carboxylic acids is 1. The SMILES string of the molecule is C[C@@H](NC(=O)c1cnn(CC(F)(F)F)c1C1CC1)c1ccc(C(=O)O)cc1. The quantitative estimate of drug-likeness (QED) is 0.802. The van der Waals surface area contributed by atoms with E-state index in [0.717, 1.165) is 17.5 Å². The molecule has 1 aliphatic carbocycles. The summed E-state index contributed by atoms with van der Waals surface area (Å²) in [5.74, 6) is -1.63. The van der Waals surface area contributed by atoms with Crippen LogP contribution in [0.15, 0.2) is 30.5 Å². The fraction of sp³-hybridized carbons (Fsp3) is 0.389. The highest BCUT2D eigenvalue weighted by Crippen LogP contribution is 2.42. The summed E-state index contributed by atoms with van der Waals surface area (Å²) in [6.07, 6.45) is -1.77. The number of amides is 1. The third kappa shape index (κ3) is 4.47. The van der Waals surface area contributed by atoms with Crippen LogP contribution in [0.4, 0.5) is 13.2 Å². The molecule has 144 valence electrons. The fourth-order valence-corrected chi connectivity index (χ4v) is 2.93. The van der Waals surface area contributed by atoms with E-state index in [0.29, 0.717) is 11.3 Å². The minimum absolute atomic E-state index is 0.0826. The molecule has 0 radical (unpaired) electrons. The number of carboxylic acids is 1. The number of halogens is 3. The second-order valence-corrected chi connectivity index (χ2v) is 6.61. The van der Waals surface area contributed by atoms with Crippen LogP contribution in [0.1, 0.15) is 63.7 Å². The van der Waals surface area contributed by atoms with Gasteiger partial charge in [0.2, 0.25) is 0 Å². The summed E-state index contributed by atoms with van der Waals surface area (Å²) < 4.78 is 39.1. The van der Waals surface area contributed by atoms with Crippen LogP contribution in [-0.2, 0) is 6.54 Å². The smallest absolute Gasteiger partial charge is 0.408 e.